The van der Waals surface area contributed by atoms with Crippen molar-refractivity contribution in [2.75, 3.05) is 32.5 Å². The summed E-state index contributed by atoms with van der Waals surface area (Å²) in [6.45, 7) is 1.02. The normalized spacial score (nSPS) is 15.2. The minimum absolute atomic E-state index is 0.0650. The highest BCUT2D eigenvalue weighted by atomic mass is 16.5. The minimum Gasteiger partial charge on any atom is -0.495 e. The first-order valence-electron chi connectivity index (χ1n) is 5.62. The van der Waals surface area contributed by atoms with Crippen molar-refractivity contribution in [3.05, 3.63) is 23.8 Å². The van der Waals surface area contributed by atoms with Crippen LogP contribution in [-0.4, -0.2) is 43.5 Å². The van der Waals surface area contributed by atoms with Crippen LogP contribution in [0, 0.1) is 0 Å². The third-order valence-corrected chi connectivity index (χ3v) is 2.84. The first-order valence-corrected chi connectivity index (χ1v) is 5.62. The van der Waals surface area contributed by atoms with Crippen molar-refractivity contribution >= 4 is 17.5 Å². The molecule has 2 amide bonds. The summed E-state index contributed by atoms with van der Waals surface area (Å²) in [7, 11) is 1.49. The van der Waals surface area contributed by atoms with E-state index in [1.165, 1.54) is 12.0 Å². The smallest absolute Gasteiger partial charge is 0.256 e. The molecule has 0 bridgehead atoms. The van der Waals surface area contributed by atoms with Gasteiger partial charge in [0.25, 0.3) is 5.91 Å². The van der Waals surface area contributed by atoms with Crippen molar-refractivity contribution in [3.63, 3.8) is 0 Å². The van der Waals surface area contributed by atoms with E-state index in [-0.39, 0.29) is 18.4 Å². The molecule has 0 unspecified atom stereocenters. The van der Waals surface area contributed by atoms with E-state index in [4.69, 9.17) is 10.5 Å². The Hall–Kier alpha value is -2.24. The monoisotopic (exact) mass is 249 g/mol. The van der Waals surface area contributed by atoms with Gasteiger partial charge in [-0.1, -0.05) is 6.07 Å². The van der Waals surface area contributed by atoms with E-state index in [1.807, 2.05) is 0 Å². The van der Waals surface area contributed by atoms with Gasteiger partial charge in [-0.05, 0) is 12.1 Å². The van der Waals surface area contributed by atoms with Crippen LogP contribution in [0.3, 0.4) is 0 Å². The van der Waals surface area contributed by atoms with E-state index in [1.54, 1.807) is 18.2 Å². The van der Waals surface area contributed by atoms with Gasteiger partial charge in [0.05, 0.1) is 24.9 Å². The molecule has 0 radical (unpaired) electrons. The molecule has 1 aromatic rings. The predicted octanol–water partition coefficient (Wildman–Crippen LogP) is -0.151. The number of carbonyl (C=O) groups is 2. The van der Waals surface area contributed by atoms with Crippen LogP contribution in [-0.2, 0) is 4.79 Å². The molecule has 6 nitrogen and oxygen atoms in total. The van der Waals surface area contributed by atoms with Gasteiger partial charge in [-0.3, -0.25) is 9.59 Å². The zero-order valence-corrected chi connectivity index (χ0v) is 10.1. The number of nitrogens with zero attached hydrogens (tertiary/aromatic N) is 1. The van der Waals surface area contributed by atoms with Crippen LogP contribution in [0.1, 0.15) is 10.4 Å². The van der Waals surface area contributed by atoms with Gasteiger partial charge in [-0.15, -0.1) is 0 Å². The third-order valence-electron chi connectivity index (χ3n) is 2.84. The highest BCUT2D eigenvalue weighted by molar-refractivity contribution is 6.02. The third kappa shape index (κ3) is 2.22. The number of nitrogen functional groups attached to an aromatic ring is 1. The Kier molecular flexibility index (Phi) is 3.36. The van der Waals surface area contributed by atoms with Crippen molar-refractivity contribution in [1.29, 1.82) is 0 Å². The van der Waals surface area contributed by atoms with Gasteiger partial charge in [0.2, 0.25) is 5.91 Å². The molecule has 2 rings (SSSR count). The number of piperazine rings is 1. The molecule has 1 aromatic carbocycles. The number of amides is 2. The second kappa shape index (κ2) is 4.95. The van der Waals surface area contributed by atoms with Crippen LogP contribution in [0.25, 0.3) is 0 Å². The Balaban J connectivity index is 2.25. The van der Waals surface area contributed by atoms with E-state index in [0.29, 0.717) is 30.1 Å². The molecule has 6 heteroatoms. The molecule has 18 heavy (non-hydrogen) atoms. The van der Waals surface area contributed by atoms with Crippen molar-refractivity contribution < 1.29 is 14.3 Å². The molecule has 1 heterocycles. The Bertz CT molecular complexity index is 487. The van der Waals surface area contributed by atoms with Crippen LogP contribution in [0.2, 0.25) is 0 Å². The molecular weight excluding hydrogens is 234 g/mol. The summed E-state index contributed by atoms with van der Waals surface area (Å²) in [6, 6.07) is 5.02. The quantitative estimate of drug-likeness (QED) is 0.714. The van der Waals surface area contributed by atoms with Crippen molar-refractivity contribution in [3.8, 4) is 5.75 Å². The van der Waals surface area contributed by atoms with Gasteiger partial charge in [-0.25, -0.2) is 0 Å². The van der Waals surface area contributed by atoms with Crippen molar-refractivity contribution in [1.82, 2.24) is 10.2 Å². The second-order valence-corrected chi connectivity index (χ2v) is 4.00. The maximum Gasteiger partial charge on any atom is 0.256 e. The topological polar surface area (TPSA) is 84.7 Å². The van der Waals surface area contributed by atoms with Crippen LogP contribution in [0.5, 0.6) is 5.75 Å². The zero-order valence-electron chi connectivity index (χ0n) is 10.1. The van der Waals surface area contributed by atoms with Gasteiger partial charge in [-0.2, -0.15) is 0 Å². The lowest BCUT2D eigenvalue weighted by molar-refractivity contribution is -0.123. The van der Waals surface area contributed by atoms with Crippen LogP contribution in [0.4, 0.5) is 5.69 Å². The molecule has 0 atom stereocenters. The van der Waals surface area contributed by atoms with E-state index in [2.05, 4.69) is 5.32 Å². The fourth-order valence-corrected chi connectivity index (χ4v) is 1.89. The SMILES string of the molecule is COc1cccc(C(=O)N2CCNC(=O)C2)c1N. The zero-order chi connectivity index (χ0) is 13.1. The summed E-state index contributed by atoms with van der Waals surface area (Å²) in [4.78, 5) is 25.0. The average molecular weight is 249 g/mol. The molecule has 1 fully saturated rings. The number of hydrogen-bond donors (Lipinski definition) is 2. The Labute approximate surface area is 105 Å². The molecule has 0 aliphatic carbocycles. The van der Waals surface area contributed by atoms with Gasteiger partial charge < -0.3 is 20.7 Å². The summed E-state index contributed by atoms with van der Waals surface area (Å²) >= 11 is 0. The molecular formula is C12H15N3O3. The van der Waals surface area contributed by atoms with Crippen LogP contribution >= 0.6 is 0 Å². The number of rotatable bonds is 2. The maximum absolute atomic E-state index is 12.2. The molecule has 96 valence electrons. The summed E-state index contributed by atoms with van der Waals surface area (Å²) in [5.74, 6) is 0.0552. The lowest BCUT2D eigenvalue weighted by atomic mass is 10.1. The molecule has 3 N–H and O–H groups in total. The lowest BCUT2D eigenvalue weighted by Gasteiger charge is -2.27. The second-order valence-electron chi connectivity index (χ2n) is 4.00. The fourth-order valence-electron chi connectivity index (χ4n) is 1.89. The highest BCUT2D eigenvalue weighted by Gasteiger charge is 2.24. The summed E-state index contributed by atoms with van der Waals surface area (Å²) in [5.41, 5.74) is 6.53. The van der Waals surface area contributed by atoms with Crippen LogP contribution in [0.15, 0.2) is 18.2 Å². The number of nitrogens with one attached hydrogen (secondary N) is 1. The molecule has 0 saturated carbocycles. The predicted molar refractivity (Wildman–Crippen MR) is 66.3 cm³/mol. The molecule has 0 aromatic heterocycles. The summed E-state index contributed by atoms with van der Waals surface area (Å²) in [5, 5.41) is 2.67. The van der Waals surface area contributed by atoms with Crippen LogP contribution < -0.4 is 15.8 Å². The molecule has 1 saturated heterocycles. The first-order chi connectivity index (χ1) is 8.63. The lowest BCUT2D eigenvalue weighted by Crippen LogP contribution is -2.50. The van der Waals surface area contributed by atoms with E-state index >= 15 is 0 Å². The number of benzene rings is 1. The highest BCUT2D eigenvalue weighted by Crippen LogP contribution is 2.25. The average Bonchev–Trinajstić information content (AvgIpc) is 2.38. The standard InChI is InChI=1S/C12H15N3O3/c1-18-9-4-2-3-8(11(9)13)12(17)15-6-5-14-10(16)7-15/h2-4H,5-7,13H2,1H3,(H,14,16). The van der Waals surface area contributed by atoms with E-state index in [0.717, 1.165) is 0 Å². The molecule has 1 aliphatic rings. The number of hydrogen-bond acceptors (Lipinski definition) is 4. The number of ether oxygens (including phenoxy) is 1. The first kappa shape index (κ1) is 12.2. The van der Waals surface area contributed by atoms with Crippen molar-refractivity contribution in [2.45, 2.75) is 0 Å². The number of methoxy groups -OCH3 is 1. The van der Waals surface area contributed by atoms with E-state index < -0.39 is 0 Å². The van der Waals surface area contributed by atoms with Gasteiger partial charge in [0.1, 0.15) is 5.75 Å². The molecule has 1 aliphatic heterocycles. The maximum atomic E-state index is 12.2. The summed E-state index contributed by atoms with van der Waals surface area (Å²) < 4.78 is 5.07. The van der Waals surface area contributed by atoms with Gasteiger partial charge in [0.15, 0.2) is 0 Å². The minimum atomic E-state index is -0.249. The Morgan fingerprint density at radius 2 is 2.28 bits per heavy atom. The number of anilines is 1. The van der Waals surface area contributed by atoms with Gasteiger partial charge >= 0.3 is 0 Å². The largest absolute Gasteiger partial charge is 0.495 e. The Morgan fingerprint density at radius 3 is 2.94 bits per heavy atom. The van der Waals surface area contributed by atoms with Gasteiger partial charge in [0, 0.05) is 13.1 Å². The number of carbonyl (C=O) groups excluding carboxylic acids is 2. The Morgan fingerprint density at radius 1 is 1.50 bits per heavy atom. The molecule has 0 spiro atoms. The number of para-hydroxylation sites is 1. The summed E-state index contributed by atoms with van der Waals surface area (Å²) in [6.07, 6.45) is 0. The number of nitrogens with two attached hydrogens (primary N) is 1. The van der Waals surface area contributed by atoms with E-state index in [9.17, 15) is 9.59 Å². The fraction of sp³-hybridized carbons (Fsp3) is 0.333. The van der Waals surface area contributed by atoms with Crippen molar-refractivity contribution in [2.24, 2.45) is 0 Å².